The number of amides is 1. The topological polar surface area (TPSA) is 42.0 Å². The zero-order valence-corrected chi connectivity index (χ0v) is 14.7. The fourth-order valence-corrected chi connectivity index (χ4v) is 3.68. The molecule has 2 aromatic carbocycles. The number of fused-ring (bicyclic) bond motifs is 1. The first-order valence-corrected chi connectivity index (χ1v) is 8.44. The lowest BCUT2D eigenvalue weighted by molar-refractivity contribution is 0.102. The largest absolute Gasteiger partial charge is 0.298 e. The molecule has 106 valence electrons. The highest BCUT2D eigenvalue weighted by atomic mass is 127. The molecule has 0 saturated carbocycles. The molecule has 0 radical (unpaired) electrons. The maximum absolute atomic E-state index is 12.4. The van der Waals surface area contributed by atoms with Crippen LogP contribution in [0.5, 0.6) is 0 Å². The van der Waals surface area contributed by atoms with Crippen LogP contribution >= 0.6 is 45.5 Å². The molecule has 6 heteroatoms. The Balaban J connectivity index is 1.91. The van der Waals surface area contributed by atoms with E-state index in [0.29, 0.717) is 15.7 Å². The summed E-state index contributed by atoms with van der Waals surface area (Å²) in [6, 6.07) is 11.2. The van der Waals surface area contributed by atoms with Gasteiger partial charge >= 0.3 is 0 Å². The van der Waals surface area contributed by atoms with Crippen LogP contribution in [-0.2, 0) is 0 Å². The van der Waals surface area contributed by atoms with Crippen molar-refractivity contribution < 1.29 is 4.79 Å². The molecule has 3 nitrogen and oxygen atoms in total. The molecule has 3 aromatic rings. The monoisotopic (exact) mass is 428 g/mol. The van der Waals surface area contributed by atoms with Crippen molar-refractivity contribution in [2.75, 3.05) is 5.32 Å². The SMILES string of the molecule is Cc1cccc(C(=O)Nc2nc3ccc(Cl)cc3s2)c1I. The smallest absolute Gasteiger partial charge is 0.258 e. The van der Waals surface area contributed by atoms with Gasteiger partial charge in [0.2, 0.25) is 0 Å². The van der Waals surface area contributed by atoms with Crippen LogP contribution in [0.2, 0.25) is 5.02 Å². The number of aromatic nitrogens is 1. The van der Waals surface area contributed by atoms with Gasteiger partial charge in [-0.25, -0.2) is 4.98 Å². The molecule has 1 aromatic heterocycles. The highest BCUT2D eigenvalue weighted by Crippen LogP contribution is 2.29. The lowest BCUT2D eigenvalue weighted by Crippen LogP contribution is -2.13. The lowest BCUT2D eigenvalue weighted by Gasteiger charge is -2.06. The third-order valence-corrected chi connectivity index (χ3v) is 5.61. The van der Waals surface area contributed by atoms with Gasteiger partial charge in [0.05, 0.1) is 15.8 Å². The Morgan fingerprint density at radius 3 is 2.95 bits per heavy atom. The van der Waals surface area contributed by atoms with Crippen LogP contribution in [0.15, 0.2) is 36.4 Å². The molecule has 3 rings (SSSR count). The number of nitrogens with zero attached hydrogens (tertiary/aromatic N) is 1. The first-order chi connectivity index (χ1) is 10.0. The van der Waals surface area contributed by atoms with Crippen LogP contribution < -0.4 is 5.32 Å². The van der Waals surface area contributed by atoms with Gasteiger partial charge in [0, 0.05) is 8.59 Å². The maximum Gasteiger partial charge on any atom is 0.258 e. The van der Waals surface area contributed by atoms with E-state index >= 15 is 0 Å². The first-order valence-electron chi connectivity index (χ1n) is 6.17. The van der Waals surface area contributed by atoms with Gasteiger partial charge in [-0.3, -0.25) is 10.1 Å². The van der Waals surface area contributed by atoms with Gasteiger partial charge in [0.25, 0.3) is 5.91 Å². The number of aryl methyl sites for hydroxylation is 1. The van der Waals surface area contributed by atoms with Crippen LogP contribution in [0.3, 0.4) is 0 Å². The number of carbonyl (C=O) groups excluding carboxylic acids is 1. The normalized spacial score (nSPS) is 10.8. The maximum atomic E-state index is 12.4. The third kappa shape index (κ3) is 3.04. The summed E-state index contributed by atoms with van der Waals surface area (Å²) >= 11 is 9.56. The lowest BCUT2D eigenvalue weighted by atomic mass is 10.1. The standard InChI is InChI=1S/C15H10ClIN2OS/c1-8-3-2-4-10(13(8)17)14(20)19-15-18-11-6-5-9(16)7-12(11)21-15/h2-7H,1H3,(H,18,19,20). The van der Waals surface area contributed by atoms with Gasteiger partial charge in [-0.1, -0.05) is 35.1 Å². The van der Waals surface area contributed by atoms with E-state index in [4.69, 9.17) is 11.6 Å². The van der Waals surface area contributed by atoms with Gasteiger partial charge in [-0.05, 0) is 59.3 Å². The van der Waals surface area contributed by atoms with Crippen LogP contribution in [0, 0.1) is 10.5 Å². The van der Waals surface area contributed by atoms with Crippen molar-refractivity contribution in [1.82, 2.24) is 4.98 Å². The molecule has 0 bridgehead atoms. The Kier molecular flexibility index (Phi) is 4.14. The van der Waals surface area contributed by atoms with E-state index in [2.05, 4.69) is 32.9 Å². The van der Waals surface area contributed by atoms with Crippen molar-refractivity contribution in [1.29, 1.82) is 0 Å². The molecule has 21 heavy (non-hydrogen) atoms. The number of benzene rings is 2. The Bertz CT molecular complexity index is 847. The minimum absolute atomic E-state index is 0.145. The fraction of sp³-hybridized carbons (Fsp3) is 0.0667. The number of anilines is 1. The zero-order chi connectivity index (χ0) is 15.0. The fourth-order valence-electron chi connectivity index (χ4n) is 1.94. The Morgan fingerprint density at radius 1 is 1.33 bits per heavy atom. The van der Waals surface area contributed by atoms with Crippen LogP contribution in [-0.4, -0.2) is 10.9 Å². The number of carbonyl (C=O) groups is 1. The van der Waals surface area contributed by atoms with Gasteiger partial charge < -0.3 is 0 Å². The zero-order valence-electron chi connectivity index (χ0n) is 11.0. The summed E-state index contributed by atoms with van der Waals surface area (Å²) in [7, 11) is 0. The van der Waals surface area contributed by atoms with E-state index < -0.39 is 0 Å². The third-order valence-electron chi connectivity index (χ3n) is 3.01. The Hall–Kier alpha value is -1.18. The summed E-state index contributed by atoms with van der Waals surface area (Å²) in [4.78, 5) is 16.8. The minimum atomic E-state index is -0.145. The number of nitrogens with one attached hydrogen (secondary N) is 1. The summed E-state index contributed by atoms with van der Waals surface area (Å²) in [6.45, 7) is 1.98. The molecule has 1 N–H and O–H groups in total. The number of rotatable bonds is 2. The highest BCUT2D eigenvalue weighted by molar-refractivity contribution is 14.1. The highest BCUT2D eigenvalue weighted by Gasteiger charge is 2.13. The van der Waals surface area contributed by atoms with Crippen molar-refractivity contribution in [3.05, 3.63) is 56.1 Å². The predicted octanol–water partition coefficient (Wildman–Crippen LogP) is 5.12. The second-order valence-corrected chi connectivity index (χ2v) is 7.07. The first kappa shape index (κ1) is 14.7. The second-order valence-electron chi connectivity index (χ2n) is 4.52. The van der Waals surface area contributed by atoms with Crippen molar-refractivity contribution in [3.8, 4) is 0 Å². The predicted molar refractivity (Wildman–Crippen MR) is 96.5 cm³/mol. The molecule has 0 unspecified atom stereocenters. The van der Waals surface area contributed by atoms with Crippen LogP contribution in [0.1, 0.15) is 15.9 Å². The van der Waals surface area contributed by atoms with Crippen LogP contribution in [0.25, 0.3) is 10.2 Å². The summed E-state index contributed by atoms with van der Waals surface area (Å²) < 4.78 is 1.91. The summed E-state index contributed by atoms with van der Waals surface area (Å²) in [5.41, 5.74) is 2.57. The number of halogens is 2. The van der Waals surface area contributed by atoms with Crippen molar-refractivity contribution in [2.24, 2.45) is 0 Å². The van der Waals surface area contributed by atoms with Crippen molar-refractivity contribution in [3.63, 3.8) is 0 Å². The molecule has 0 fully saturated rings. The van der Waals surface area contributed by atoms with Crippen LogP contribution in [0.4, 0.5) is 5.13 Å². The van der Waals surface area contributed by atoms with Crippen molar-refractivity contribution in [2.45, 2.75) is 6.92 Å². The molecule has 0 aliphatic heterocycles. The molecule has 1 heterocycles. The minimum Gasteiger partial charge on any atom is -0.298 e. The number of hydrogen-bond donors (Lipinski definition) is 1. The Morgan fingerprint density at radius 2 is 2.14 bits per heavy atom. The average molecular weight is 429 g/mol. The average Bonchev–Trinajstić information content (AvgIpc) is 2.83. The molecular weight excluding hydrogens is 419 g/mol. The van der Waals surface area contributed by atoms with E-state index in [-0.39, 0.29) is 5.91 Å². The number of thiazole rings is 1. The molecule has 0 saturated heterocycles. The molecule has 0 aliphatic carbocycles. The van der Waals surface area contributed by atoms with Gasteiger partial charge in [0.1, 0.15) is 0 Å². The summed E-state index contributed by atoms with van der Waals surface area (Å²) in [6.07, 6.45) is 0. The summed E-state index contributed by atoms with van der Waals surface area (Å²) in [5.74, 6) is -0.145. The quantitative estimate of drug-likeness (QED) is 0.576. The van der Waals surface area contributed by atoms with Gasteiger partial charge in [0.15, 0.2) is 5.13 Å². The van der Waals surface area contributed by atoms with Gasteiger partial charge in [-0.2, -0.15) is 0 Å². The van der Waals surface area contributed by atoms with E-state index in [1.807, 2.05) is 37.3 Å². The molecule has 0 aliphatic rings. The van der Waals surface area contributed by atoms with E-state index in [1.54, 1.807) is 6.07 Å². The molecule has 1 amide bonds. The molecule has 0 atom stereocenters. The summed E-state index contributed by atoms with van der Waals surface area (Å²) in [5, 5.41) is 4.10. The van der Waals surface area contributed by atoms with E-state index in [1.165, 1.54) is 11.3 Å². The number of hydrogen-bond acceptors (Lipinski definition) is 3. The van der Waals surface area contributed by atoms with Crippen molar-refractivity contribution >= 4 is 66.8 Å². The second kappa shape index (κ2) is 5.90. The molecule has 0 spiro atoms. The molecular formula is C15H10ClIN2OS. The van der Waals surface area contributed by atoms with Gasteiger partial charge in [-0.15, -0.1) is 0 Å². The van der Waals surface area contributed by atoms with E-state index in [0.717, 1.165) is 19.4 Å². The van der Waals surface area contributed by atoms with E-state index in [9.17, 15) is 4.79 Å². The Labute approximate surface area is 144 Å².